The lowest BCUT2D eigenvalue weighted by atomic mass is 9.68. The second-order valence-electron chi connectivity index (χ2n) is 9.35. The Bertz CT molecular complexity index is 1280. The monoisotopic (exact) mass is 537 g/mol. The molecule has 3 atom stereocenters. The van der Waals surface area contributed by atoms with Gasteiger partial charge in [-0.3, -0.25) is 9.59 Å². The molecule has 0 saturated carbocycles. The van der Waals surface area contributed by atoms with Crippen molar-refractivity contribution in [3.63, 3.8) is 0 Å². The topological polar surface area (TPSA) is 102 Å². The largest absolute Gasteiger partial charge is 0.496 e. The fourth-order valence-corrected chi connectivity index (χ4v) is 5.57. The van der Waals surface area contributed by atoms with E-state index in [9.17, 15) is 9.59 Å². The van der Waals surface area contributed by atoms with E-state index in [-0.39, 0.29) is 31.3 Å². The van der Waals surface area contributed by atoms with Crippen LogP contribution in [0.4, 0.5) is 0 Å². The fraction of sp³-hybridized carbons (Fsp3) is 0.400. The van der Waals surface area contributed by atoms with Gasteiger partial charge in [0.25, 0.3) is 0 Å². The molecule has 1 aliphatic carbocycles. The van der Waals surface area contributed by atoms with E-state index in [1.54, 1.807) is 19.2 Å². The number of carbonyl (C=O) groups excluding carboxylic acids is 2. The molecule has 0 fully saturated rings. The van der Waals surface area contributed by atoms with Gasteiger partial charge in [-0.2, -0.15) is 0 Å². The Balaban J connectivity index is 1.87. The van der Waals surface area contributed by atoms with Gasteiger partial charge in [-0.15, -0.1) is 0 Å². The molecule has 4 rings (SSSR count). The lowest BCUT2D eigenvalue weighted by molar-refractivity contribution is -0.149. The molecule has 0 amide bonds. The van der Waals surface area contributed by atoms with Crippen LogP contribution in [0, 0.1) is 5.92 Å². The summed E-state index contributed by atoms with van der Waals surface area (Å²) in [4.78, 5) is 27.4. The number of rotatable bonds is 10. The number of hydrogen-bond acceptors (Lipinski definition) is 9. The molecule has 0 saturated heterocycles. The highest BCUT2D eigenvalue weighted by Crippen LogP contribution is 2.52. The van der Waals surface area contributed by atoms with Gasteiger partial charge in [-0.25, -0.2) is 0 Å². The van der Waals surface area contributed by atoms with Crippen LogP contribution in [0.5, 0.6) is 23.0 Å². The Kier molecular flexibility index (Phi) is 8.81. The molecule has 208 valence electrons. The molecule has 9 nitrogen and oxygen atoms in total. The predicted molar refractivity (Wildman–Crippen MR) is 144 cm³/mol. The van der Waals surface area contributed by atoms with Gasteiger partial charge in [0.15, 0.2) is 17.3 Å². The van der Waals surface area contributed by atoms with Crippen LogP contribution in [0.3, 0.4) is 0 Å². The zero-order chi connectivity index (χ0) is 28.1. The van der Waals surface area contributed by atoms with Crippen molar-refractivity contribution >= 4 is 11.8 Å². The van der Waals surface area contributed by atoms with E-state index in [0.29, 0.717) is 40.5 Å². The molecular formula is C30H35NO8. The maximum Gasteiger partial charge on any atom is 0.315 e. The third-order valence-electron chi connectivity index (χ3n) is 7.27. The normalized spacial score (nSPS) is 20.6. The highest BCUT2D eigenvalue weighted by Gasteiger charge is 2.47. The molecule has 1 heterocycles. The third kappa shape index (κ3) is 5.31. The Morgan fingerprint density at radius 2 is 1.59 bits per heavy atom. The molecule has 0 radical (unpaired) electrons. The van der Waals surface area contributed by atoms with Crippen LogP contribution in [0.2, 0.25) is 0 Å². The van der Waals surface area contributed by atoms with Gasteiger partial charge in [0.1, 0.15) is 18.3 Å². The van der Waals surface area contributed by atoms with Crippen LogP contribution in [-0.2, 0) is 19.1 Å². The van der Waals surface area contributed by atoms with Crippen LogP contribution in [0.25, 0.3) is 0 Å². The summed E-state index contributed by atoms with van der Waals surface area (Å²) in [6, 6.07) is 11.2. The summed E-state index contributed by atoms with van der Waals surface area (Å²) >= 11 is 0. The van der Waals surface area contributed by atoms with E-state index in [1.807, 2.05) is 24.3 Å². The molecule has 2 aromatic carbocycles. The molecule has 1 aliphatic heterocycles. The minimum Gasteiger partial charge on any atom is -0.496 e. The smallest absolute Gasteiger partial charge is 0.315 e. The summed E-state index contributed by atoms with van der Waals surface area (Å²) in [6.07, 6.45) is 0.795. The van der Waals surface area contributed by atoms with Gasteiger partial charge >= 0.3 is 5.97 Å². The van der Waals surface area contributed by atoms with E-state index < -0.39 is 17.8 Å². The number of benzene rings is 2. The first-order valence-electron chi connectivity index (χ1n) is 12.7. The minimum absolute atomic E-state index is 0.0740. The average molecular weight is 538 g/mol. The SMILES string of the molecule is C=C1NC2=C(C(=O)CC(c3ccccc3OC)C2)C(c2ccc(OC)c(OC)c2OC)C1C(=O)OCCOC. The van der Waals surface area contributed by atoms with E-state index >= 15 is 0 Å². The fourth-order valence-electron chi connectivity index (χ4n) is 5.57. The van der Waals surface area contributed by atoms with Gasteiger partial charge in [0, 0.05) is 47.9 Å². The Morgan fingerprint density at radius 3 is 2.26 bits per heavy atom. The molecule has 3 unspecified atom stereocenters. The lowest BCUT2D eigenvalue weighted by Crippen LogP contribution is -2.42. The lowest BCUT2D eigenvalue weighted by Gasteiger charge is -2.40. The van der Waals surface area contributed by atoms with E-state index in [1.165, 1.54) is 28.4 Å². The highest BCUT2D eigenvalue weighted by molar-refractivity contribution is 6.01. The number of ether oxygens (including phenoxy) is 6. The second-order valence-corrected chi connectivity index (χ2v) is 9.35. The van der Waals surface area contributed by atoms with Gasteiger partial charge in [0.05, 0.1) is 35.0 Å². The number of para-hydroxylation sites is 1. The maximum atomic E-state index is 14.0. The van der Waals surface area contributed by atoms with Crippen molar-refractivity contribution in [1.82, 2.24) is 5.32 Å². The van der Waals surface area contributed by atoms with Crippen molar-refractivity contribution < 1.29 is 38.0 Å². The predicted octanol–water partition coefficient (Wildman–Crippen LogP) is 4.13. The van der Waals surface area contributed by atoms with Gasteiger partial charge < -0.3 is 33.7 Å². The number of hydrogen-bond donors (Lipinski definition) is 1. The van der Waals surface area contributed by atoms with Crippen LogP contribution in [0.1, 0.15) is 35.8 Å². The Hall–Kier alpha value is -3.98. The number of esters is 1. The van der Waals surface area contributed by atoms with Gasteiger partial charge in [-0.05, 0) is 24.1 Å². The molecular weight excluding hydrogens is 502 g/mol. The van der Waals surface area contributed by atoms with Crippen molar-refractivity contribution in [3.8, 4) is 23.0 Å². The second kappa shape index (κ2) is 12.3. The van der Waals surface area contributed by atoms with Crippen molar-refractivity contribution in [2.24, 2.45) is 5.92 Å². The Morgan fingerprint density at radius 1 is 0.872 bits per heavy atom. The summed E-state index contributed by atoms with van der Waals surface area (Å²) in [5.41, 5.74) is 3.21. The molecule has 2 aromatic rings. The van der Waals surface area contributed by atoms with Crippen LogP contribution in [-0.4, -0.2) is 60.5 Å². The molecule has 0 aromatic heterocycles. The summed E-state index contributed by atoms with van der Waals surface area (Å²) < 4.78 is 33.0. The molecule has 1 N–H and O–H groups in total. The van der Waals surface area contributed by atoms with Gasteiger partial charge in [0.2, 0.25) is 5.75 Å². The third-order valence-corrected chi connectivity index (χ3v) is 7.27. The first-order chi connectivity index (χ1) is 18.9. The number of methoxy groups -OCH3 is 5. The van der Waals surface area contributed by atoms with Crippen molar-refractivity contribution in [2.45, 2.75) is 24.7 Å². The van der Waals surface area contributed by atoms with Crippen LogP contribution >= 0.6 is 0 Å². The van der Waals surface area contributed by atoms with Crippen LogP contribution < -0.4 is 24.3 Å². The molecule has 0 spiro atoms. The molecule has 2 aliphatic rings. The average Bonchev–Trinajstić information content (AvgIpc) is 2.95. The Labute approximate surface area is 228 Å². The number of ketones is 1. The van der Waals surface area contributed by atoms with Crippen molar-refractivity contribution in [3.05, 3.63) is 71.1 Å². The summed E-state index contributed by atoms with van der Waals surface area (Å²) in [5, 5.41) is 3.29. The van der Waals surface area contributed by atoms with Gasteiger partial charge in [-0.1, -0.05) is 30.8 Å². The molecule has 9 heteroatoms. The number of Topliss-reactive ketones (excluding diaryl/α,β-unsaturated/α-hetero) is 1. The number of carbonyl (C=O) groups is 2. The van der Waals surface area contributed by atoms with E-state index in [4.69, 9.17) is 28.4 Å². The zero-order valence-electron chi connectivity index (χ0n) is 23.0. The summed E-state index contributed by atoms with van der Waals surface area (Å²) in [6.45, 7) is 4.51. The summed E-state index contributed by atoms with van der Waals surface area (Å²) in [5.74, 6) is -0.378. The molecule has 0 bridgehead atoms. The first-order valence-corrected chi connectivity index (χ1v) is 12.7. The highest BCUT2D eigenvalue weighted by atomic mass is 16.6. The van der Waals surface area contributed by atoms with E-state index in [2.05, 4.69) is 11.9 Å². The van der Waals surface area contributed by atoms with E-state index in [0.717, 1.165) is 17.0 Å². The zero-order valence-corrected chi connectivity index (χ0v) is 23.0. The minimum atomic E-state index is -0.889. The summed E-state index contributed by atoms with van der Waals surface area (Å²) in [7, 11) is 7.70. The quantitative estimate of drug-likeness (QED) is 0.354. The number of allylic oxidation sites excluding steroid dienone is 2. The molecule has 39 heavy (non-hydrogen) atoms. The van der Waals surface area contributed by atoms with Crippen molar-refractivity contribution in [2.75, 3.05) is 48.8 Å². The number of nitrogens with one attached hydrogen (secondary N) is 1. The first kappa shape index (κ1) is 28.0. The standard InChI is InChI=1S/C30H35NO8/c1-17-25(30(33)39-14-13-34-2)26(20-11-12-24(36-4)29(38-6)28(20)37-5)27-21(31-17)15-18(16-22(27)32)19-9-7-8-10-23(19)35-3/h7-12,18,25-26,31H,1,13-16H2,2-6H3. The van der Waals surface area contributed by atoms with Crippen molar-refractivity contribution in [1.29, 1.82) is 0 Å². The van der Waals surface area contributed by atoms with Crippen LogP contribution in [0.15, 0.2) is 59.9 Å². The maximum absolute atomic E-state index is 14.0.